The Morgan fingerprint density at radius 3 is 2.48 bits per heavy atom. The Hall–Kier alpha value is -1.81. The zero-order valence-corrected chi connectivity index (χ0v) is 19.3. The van der Waals surface area contributed by atoms with Gasteiger partial charge in [0.2, 0.25) is 0 Å². The van der Waals surface area contributed by atoms with Gasteiger partial charge in [-0.15, -0.1) is 11.3 Å². The average molecular weight is 456 g/mol. The standard InChI is InChI=1S/C16H15NO4S3.C4H10O/c1-3-16(2,15(18)19)24(20,21)11-4-5-12-13(8-11)23-14(17-12)10-6-7-22-9-10;1-3-4-5-2/h4-9H,3H2,1-2H3,(H,18,19);3-4H2,1-2H3. The fraction of sp³-hybridized carbons (Fsp3) is 0.400. The number of nitrogens with zero attached hydrogens (tertiary/aromatic N) is 1. The van der Waals surface area contributed by atoms with Crippen LogP contribution in [0.3, 0.4) is 0 Å². The molecular formula is C20H25NO5S3. The third-order valence-corrected chi connectivity index (χ3v) is 8.84. The second-order valence-electron chi connectivity index (χ2n) is 6.55. The Labute approximate surface area is 179 Å². The summed E-state index contributed by atoms with van der Waals surface area (Å²) in [5.74, 6) is -1.34. The summed E-state index contributed by atoms with van der Waals surface area (Å²) < 4.78 is 29.2. The maximum atomic E-state index is 12.8. The van der Waals surface area contributed by atoms with Crippen molar-refractivity contribution >= 4 is 48.7 Å². The van der Waals surface area contributed by atoms with Crippen LogP contribution in [-0.4, -0.2) is 42.9 Å². The molecular weight excluding hydrogens is 430 g/mol. The van der Waals surface area contributed by atoms with E-state index in [-0.39, 0.29) is 11.3 Å². The molecule has 0 saturated carbocycles. The minimum atomic E-state index is -4.00. The monoisotopic (exact) mass is 455 g/mol. The van der Waals surface area contributed by atoms with Crippen LogP contribution in [0.5, 0.6) is 0 Å². The molecule has 0 bridgehead atoms. The summed E-state index contributed by atoms with van der Waals surface area (Å²) in [5.41, 5.74) is 1.70. The van der Waals surface area contributed by atoms with Crippen molar-refractivity contribution in [2.45, 2.75) is 43.3 Å². The Morgan fingerprint density at radius 2 is 2.00 bits per heavy atom. The van der Waals surface area contributed by atoms with Crippen LogP contribution in [-0.2, 0) is 19.4 Å². The number of carboxylic acid groups (broad SMARTS) is 1. The molecule has 0 aliphatic rings. The molecule has 1 unspecified atom stereocenters. The van der Waals surface area contributed by atoms with Crippen molar-refractivity contribution in [2.75, 3.05) is 13.7 Å². The highest BCUT2D eigenvalue weighted by molar-refractivity contribution is 7.93. The maximum Gasteiger partial charge on any atom is 0.325 e. The maximum absolute atomic E-state index is 12.8. The van der Waals surface area contributed by atoms with Crippen molar-refractivity contribution in [3.63, 3.8) is 0 Å². The van der Waals surface area contributed by atoms with E-state index in [1.165, 1.54) is 30.4 Å². The molecule has 1 atom stereocenters. The second kappa shape index (κ2) is 9.80. The first-order valence-corrected chi connectivity index (χ1v) is 12.4. The lowest BCUT2D eigenvalue weighted by Crippen LogP contribution is -2.42. The van der Waals surface area contributed by atoms with Crippen molar-refractivity contribution in [2.24, 2.45) is 0 Å². The van der Waals surface area contributed by atoms with Gasteiger partial charge in [0, 0.05) is 24.7 Å². The number of sulfone groups is 1. The minimum absolute atomic E-state index is 0.00838. The molecule has 29 heavy (non-hydrogen) atoms. The molecule has 0 fully saturated rings. The van der Waals surface area contributed by atoms with E-state index in [4.69, 9.17) is 4.74 Å². The van der Waals surface area contributed by atoms with Gasteiger partial charge in [0.25, 0.3) is 0 Å². The van der Waals surface area contributed by atoms with Gasteiger partial charge in [0.05, 0.1) is 15.1 Å². The Morgan fingerprint density at radius 1 is 1.28 bits per heavy atom. The quantitative estimate of drug-likeness (QED) is 0.533. The number of carboxylic acids is 1. The number of ether oxygens (including phenoxy) is 1. The first-order valence-electron chi connectivity index (χ1n) is 9.11. The third kappa shape index (κ3) is 4.85. The van der Waals surface area contributed by atoms with E-state index in [0.29, 0.717) is 5.52 Å². The van der Waals surface area contributed by atoms with Gasteiger partial charge < -0.3 is 9.84 Å². The summed E-state index contributed by atoms with van der Waals surface area (Å²) in [6, 6.07) is 6.55. The fourth-order valence-electron chi connectivity index (χ4n) is 2.50. The average Bonchev–Trinajstić information content (AvgIpc) is 3.36. The molecule has 6 nitrogen and oxygen atoms in total. The van der Waals surface area contributed by atoms with E-state index in [1.54, 1.807) is 31.4 Å². The number of thiazole rings is 1. The van der Waals surface area contributed by atoms with Gasteiger partial charge in [-0.25, -0.2) is 13.4 Å². The smallest absolute Gasteiger partial charge is 0.325 e. The van der Waals surface area contributed by atoms with Crippen molar-refractivity contribution in [1.82, 2.24) is 4.98 Å². The minimum Gasteiger partial charge on any atom is -0.480 e. The number of aromatic nitrogens is 1. The number of benzene rings is 1. The van der Waals surface area contributed by atoms with Crippen molar-refractivity contribution in [3.05, 3.63) is 35.0 Å². The zero-order valence-electron chi connectivity index (χ0n) is 16.8. The van der Waals surface area contributed by atoms with Crippen molar-refractivity contribution < 1.29 is 23.1 Å². The highest BCUT2D eigenvalue weighted by atomic mass is 32.2. The molecule has 3 aromatic rings. The Kier molecular flexibility index (Phi) is 7.93. The predicted molar refractivity (Wildman–Crippen MR) is 119 cm³/mol. The van der Waals surface area contributed by atoms with Crippen LogP contribution in [0.2, 0.25) is 0 Å². The lowest BCUT2D eigenvalue weighted by molar-refractivity contribution is -0.139. The van der Waals surface area contributed by atoms with Crippen LogP contribution in [0.1, 0.15) is 33.6 Å². The summed E-state index contributed by atoms with van der Waals surface area (Å²) in [5, 5.41) is 14.1. The van der Waals surface area contributed by atoms with E-state index < -0.39 is 20.6 Å². The SMILES string of the molecule is CCC(C)(C(=O)O)S(=O)(=O)c1ccc2nc(-c3ccsc3)sc2c1.CCCOC. The van der Waals surface area contributed by atoms with Crippen LogP contribution in [0.25, 0.3) is 20.8 Å². The van der Waals surface area contributed by atoms with E-state index in [0.717, 1.165) is 28.3 Å². The molecule has 0 aliphatic heterocycles. The number of methoxy groups -OCH3 is 1. The number of aliphatic carboxylic acids is 1. The van der Waals surface area contributed by atoms with Gasteiger partial charge in [-0.1, -0.05) is 13.8 Å². The third-order valence-electron chi connectivity index (χ3n) is 4.57. The lowest BCUT2D eigenvalue weighted by atomic mass is 10.1. The molecule has 0 radical (unpaired) electrons. The summed E-state index contributed by atoms with van der Waals surface area (Å²) in [6.07, 6.45) is 1.11. The lowest BCUT2D eigenvalue weighted by Gasteiger charge is -2.23. The predicted octanol–water partition coefficient (Wildman–Crippen LogP) is 5.09. The molecule has 2 aromatic heterocycles. The molecule has 2 heterocycles. The Bertz CT molecular complexity index is 1060. The molecule has 1 aromatic carbocycles. The largest absolute Gasteiger partial charge is 0.480 e. The van der Waals surface area contributed by atoms with Gasteiger partial charge in [-0.05, 0) is 49.4 Å². The first-order chi connectivity index (χ1) is 13.7. The topological polar surface area (TPSA) is 93.6 Å². The number of rotatable bonds is 7. The van der Waals surface area contributed by atoms with Gasteiger partial charge in [-0.2, -0.15) is 11.3 Å². The summed E-state index contributed by atoms with van der Waals surface area (Å²) >= 11 is 2.96. The summed E-state index contributed by atoms with van der Waals surface area (Å²) in [7, 11) is -2.29. The van der Waals surface area contributed by atoms with Crippen LogP contribution in [0.15, 0.2) is 39.9 Å². The number of thiophene rings is 1. The van der Waals surface area contributed by atoms with Crippen LogP contribution < -0.4 is 0 Å². The molecule has 0 saturated heterocycles. The number of hydrogen-bond acceptors (Lipinski definition) is 7. The van der Waals surface area contributed by atoms with Gasteiger partial charge in [0.15, 0.2) is 14.6 Å². The van der Waals surface area contributed by atoms with E-state index in [1.807, 2.05) is 16.8 Å². The van der Waals surface area contributed by atoms with Crippen molar-refractivity contribution in [3.8, 4) is 10.6 Å². The normalized spacial score (nSPS) is 13.5. The Balaban J connectivity index is 0.000000537. The fourth-order valence-corrected chi connectivity index (χ4v) is 5.94. The molecule has 0 aliphatic carbocycles. The number of hydrogen-bond donors (Lipinski definition) is 1. The molecule has 0 amide bonds. The van der Waals surface area contributed by atoms with Gasteiger partial charge in [0.1, 0.15) is 5.01 Å². The summed E-state index contributed by atoms with van der Waals surface area (Å²) in [4.78, 5) is 16.0. The highest BCUT2D eigenvalue weighted by Gasteiger charge is 2.46. The zero-order chi connectivity index (χ0) is 21.7. The second-order valence-corrected chi connectivity index (χ2v) is 10.7. The van der Waals surface area contributed by atoms with Crippen LogP contribution in [0.4, 0.5) is 0 Å². The van der Waals surface area contributed by atoms with Crippen LogP contribution >= 0.6 is 22.7 Å². The van der Waals surface area contributed by atoms with Gasteiger partial charge in [-0.3, -0.25) is 4.79 Å². The van der Waals surface area contributed by atoms with Crippen LogP contribution in [0, 0.1) is 0 Å². The molecule has 158 valence electrons. The number of carbonyl (C=O) groups is 1. The van der Waals surface area contributed by atoms with Gasteiger partial charge >= 0.3 is 5.97 Å². The molecule has 9 heteroatoms. The molecule has 1 N–H and O–H groups in total. The van der Waals surface area contributed by atoms with E-state index >= 15 is 0 Å². The van der Waals surface area contributed by atoms with E-state index in [2.05, 4.69) is 11.9 Å². The summed E-state index contributed by atoms with van der Waals surface area (Å²) in [6.45, 7) is 5.79. The van der Waals surface area contributed by atoms with Crippen molar-refractivity contribution in [1.29, 1.82) is 0 Å². The number of fused-ring (bicyclic) bond motifs is 1. The first kappa shape index (κ1) is 23.5. The molecule has 3 rings (SSSR count). The van der Waals surface area contributed by atoms with E-state index in [9.17, 15) is 18.3 Å². The highest BCUT2D eigenvalue weighted by Crippen LogP contribution is 2.35. The molecule has 0 spiro atoms.